The Bertz CT molecular complexity index is 628. The fraction of sp³-hybridized carbons (Fsp3) is 0. The van der Waals surface area contributed by atoms with Crippen molar-refractivity contribution in [2.75, 3.05) is 4.72 Å². The van der Waals surface area contributed by atoms with Gasteiger partial charge < -0.3 is 0 Å². The van der Waals surface area contributed by atoms with Crippen LogP contribution in [-0.4, -0.2) is 13.4 Å². The summed E-state index contributed by atoms with van der Waals surface area (Å²) in [6.45, 7) is 0. The summed E-state index contributed by atoms with van der Waals surface area (Å²) in [7, 11) is -4.00. The van der Waals surface area contributed by atoms with E-state index in [1.54, 1.807) is 5.38 Å². The van der Waals surface area contributed by atoms with Crippen LogP contribution in [0.1, 0.15) is 0 Å². The fourth-order valence-corrected chi connectivity index (χ4v) is 3.26. The van der Waals surface area contributed by atoms with Gasteiger partial charge in [0, 0.05) is 11.6 Å². The lowest BCUT2D eigenvalue weighted by molar-refractivity contribution is 0.570. The zero-order valence-electron chi connectivity index (χ0n) is 8.22. The Balaban J connectivity index is 2.42. The molecule has 1 aromatic heterocycles. The number of anilines is 1. The lowest BCUT2D eigenvalue weighted by Crippen LogP contribution is -2.14. The van der Waals surface area contributed by atoms with Crippen LogP contribution >= 0.6 is 22.9 Å². The molecule has 0 radical (unpaired) electrons. The minimum absolute atomic E-state index is 0.171. The quantitative estimate of drug-likeness (QED) is 0.946. The average molecular weight is 293 g/mol. The summed E-state index contributed by atoms with van der Waals surface area (Å²) >= 11 is 6.62. The predicted octanol–water partition coefficient (Wildman–Crippen LogP) is 2.74. The first kappa shape index (κ1) is 12.3. The van der Waals surface area contributed by atoms with Crippen LogP contribution < -0.4 is 4.72 Å². The molecule has 0 bridgehead atoms. The van der Waals surface area contributed by atoms with Gasteiger partial charge in [-0.05, 0) is 12.1 Å². The van der Waals surface area contributed by atoms with E-state index >= 15 is 0 Å². The average Bonchev–Trinajstić information content (AvgIpc) is 2.73. The van der Waals surface area contributed by atoms with Crippen molar-refractivity contribution in [3.8, 4) is 0 Å². The highest BCUT2D eigenvalue weighted by Gasteiger charge is 2.21. The molecule has 0 aliphatic heterocycles. The van der Waals surface area contributed by atoms with Gasteiger partial charge in [-0.3, -0.25) is 4.72 Å². The van der Waals surface area contributed by atoms with E-state index in [1.165, 1.54) is 18.3 Å². The molecule has 0 unspecified atom stereocenters. The number of sulfonamides is 1. The van der Waals surface area contributed by atoms with Crippen LogP contribution in [0, 0.1) is 5.82 Å². The number of aromatic nitrogens is 1. The minimum atomic E-state index is -4.00. The van der Waals surface area contributed by atoms with E-state index in [0.29, 0.717) is 0 Å². The zero-order chi connectivity index (χ0) is 12.5. The van der Waals surface area contributed by atoms with Crippen molar-refractivity contribution in [2.24, 2.45) is 0 Å². The second kappa shape index (κ2) is 4.59. The smallest absolute Gasteiger partial charge is 0.255 e. The number of benzene rings is 1. The molecule has 0 spiro atoms. The van der Waals surface area contributed by atoms with Crippen molar-refractivity contribution in [1.29, 1.82) is 0 Å². The van der Waals surface area contributed by atoms with E-state index in [-0.39, 0.29) is 10.2 Å². The Morgan fingerprint density at radius 2 is 2.18 bits per heavy atom. The van der Waals surface area contributed by atoms with Gasteiger partial charge in [0.05, 0.1) is 5.02 Å². The second-order valence-corrected chi connectivity index (χ2v) is 5.95. The molecule has 0 amide bonds. The van der Waals surface area contributed by atoms with E-state index in [2.05, 4.69) is 9.71 Å². The molecule has 4 nitrogen and oxygen atoms in total. The highest BCUT2D eigenvalue weighted by molar-refractivity contribution is 7.93. The predicted molar refractivity (Wildman–Crippen MR) is 64.3 cm³/mol. The standard InChI is InChI=1S/C9H6ClFN2O2S2/c10-6-2-1-3-7(8(6)11)17(14,15)13-9-12-4-5-16-9/h1-5H,(H,12,13). The van der Waals surface area contributed by atoms with Crippen LogP contribution in [0.2, 0.25) is 5.02 Å². The maximum atomic E-state index is 13.6. The van der Waals surface area contributed by atoms with Crippen molar-refractivity contribution >= 4 is 38.1 Å². The first-order valence-corrected chi connectivity index (χ1v) is 7.11. The number of nitrogens with zero attached hydrogens (tertiary/aromatic N) is 1. The van der Waals surface area contributed by atoms with E-state index in [4.69, 9.17) is 11.6 Å². The van der Waals surface area contributed by atoms with Crippen molar-refractivity contribution in [3.63, 3.8) is 0 Å². The highest BCUT2D eigenvalue weighted by atomic mass is 35.5. The third-order valence-electron chi connectivity index (χ3n) is 1.86. The Kier molecular flexibility index (Phi) is 3.32. The Hall–Kier alpha value is -1.18. The number of halogens is 2. The Morgan fingerprint density at radius 1 is 1.41 bits per heavy atom. The summed E-state index contributed by atoms with van der Waals surface area (Å²) in [5.74, 6) is -0.974. The molecule has 2 rings (SSSR count). The molecule has 2 aromatic rings. The van der Waals surface area contributed by atoms with E-state index in [9.17, 15) is 12.8 Å². The van der Waals surface area contributed by atoms with Crippen LogP contribution in [0.5, 0.6) is 0 Å². The molecule has 1 aromatic carbocycles. The molecule has 0 saturated carbocycles. The number of nitrogens with one attached hydrogen (secondary N) is 1. The summed E-state index contributed by atoms with van der Waals surface area (Å²) in [6.07, 6.45) is 1.44. The molecule has 90 valence electrons. The third-order valence-corrected chi connectivity index (χ3v) is 4.33. The van der Waals surface area contributed by atoms with Crippen molar-refractivity contribution in [3.05, 3.63) is 40.6 Å². The minimum Gasteiger partial charge on any atom is -0.255 e. The van der Waals surface area contributed by atoms with Gasteiger partial charge >= 0.3 is 0 Å². The van der Waals surface area contributed by atoms with Gasteiger partial charge in [0.1, 0.15) is 4.90 Å². The SMILES string of the molecule is O=S(=O)(Nc1nccs1)c1cccc(Cl)c1F. The van der Waals surface area contributed by atoms with Crippen LogP contribution in [0.25, 0.3) is 0 Å². The summed E-state index contributed by atoms with van der Waals surface area (Å²) in [4.78, 5) is 3.25. The van der Waals surface area contributed by atoms with Gasteiger partial charge in [-0.1, -0.05) is 17.7 Å². The van der Waals surface area contributed by atoms with Gasteiger partial charge in [-0.15, -0.1) is 11.3 Å². The summed E-state index contributed by atoms with van der Waals surface area (Å²) in [5.41, 5.74) is 0. The summed E-state index contributed by atoms with van der Waals surface area (Å²) in [5, 5.41) is 1.53. The second-order valence-electron chi connectivity index (χ2n) is 2.99. The molecular weight excluding hydrogens is 287 g/mol. The van der Waals surface area contributed by atoms with Crippen LogP contribution in [0.4, 0.5) is 9.52 Å². The van der Waals surface area contributed by atoms with Gasteiger partial charge in [-0.25, -0.2) is 17.8 Å². The summed E-state index contributed by atoms with van der Waals surface area (Å²) < 4.78 is 39.4. The highest BCUT2D eigenvalue weighted by Crippen LogP contribution is 2.24. The lowest BCUT2D eigenvalue weighted by Gasteiger charge is -2.06. The normalized spacial score (nSPS) is 11.4. The molecule has 0 aliphatic carbocycles. The molecule has 0 fully saturated rings. The fourth-order valence-electron chi connectivity index (χ4n) is 1.14. The monoisotopic (exact) mass is 292 g/mol. The van der Waals surface area contributed by atoms with Gasteiger partial charge in [0.2, 0.25) is 0 Å². The van der Waals surface area contributed by atoms with Crippen LogP contribution in [0.3, 0.4) is 0 Å². The zero-order valence-corrected chi connectivity index (χ0v) is 10.6. The first-order valence-electron chi connectivity index (χ1n) is 4.37. The van der Waals surface area contributed by atoms with Crippen LogP contribution in [0.15, 0.2) is 34.7 Å². The van der Waals surface area contributed by atoms with E-state index in [0.717, 1.165) is 17.4 Å². The molecule has 0 saturated heterocycles. The first-order chi connectivity index (χ1) is 8.00. The molecule has 1 N–H and O–H groups in total. The van der Waals surface area contributed by atoms with Crippen molar-refractivity contribution in [1.82, 2.24) is 4.98 Å². The van der Waals surface area contributed by atoms with Crippen molar-refractivity contribution < 1.29 is 12.8 Å². The molecule has 17 heavy (non-hydrogen) atoms. The van der Waals surface area contributed by atoms with Gasteiger partial charge in [0.15, 0.2) is 10.9 Å². The van der Waals surface area contributed by atoms with E-state index in [1.807, 2.05) is 0 Å². The number of rotatable bonds is 3. The van der Waals surface area contributed by atoms with Gasteiger partial charge in [0.25, 0.3) is 10.0 Å². The molecule has 0 aliphatic rings. The number of hydrogen-bond acceptors (Lipinski definition) is 4. The molecular formula is C9H6ClFN2O2S2. The van der Waals surface area contributed by atoms with Crippen molar-refractivity contribution in [2.45, 2.75) is 4.90 Å². The largest absolute Gasteiger partial charge is 0.266 e. The Labute approximate surface area is 106 Å². The summed E-state index contributed by atoms with van der Waals surface area (Å²) in [6, 6.07) is 3.78. The lowest BCUT2D eigenvalue weighted by atomic mass is 10.3. The molecule has 8 heteroatoms. The topological polar surface area (TPSA) is 59.1 Å². The maximum Gasteiger partial charge on any atom is 0.266 e. The molecule has 1 heterocycles. The Morgan fingerprint density at radius 3 is 2.82 bits per heavy atom. The third kappa shape index (κ3) is 2.56. The van der Waals surface area contributed by atoms with Crippen LogP contribution in [-0.2, 0) is 10.0 Å². The number of thiazole rings is 1. The van der Waals surface area contributed by atoms with E-state index < -0.39 is 20.7 Å². The number of hydrogen-bond donors (Lipinski definition) is 1. The molecule has 0 atom stereocenters. The van der Waals surface area contributed by atoms with Gasteiger partial charge in [-0.2, -0.15) is 0 Å². The maximum absolute atomic E-state index is 13.6.